The zero-order valence-electron chi connectivity index (χ0n) is 22.2. The lowest BCUT2D eigenvalue weighted by Gasteiger charge is -2.40. The average Bonchev–Trinajstić information content (AvgIpc) is 3.48. The van der Waals surface area contributed by atoms with Gasteiger partial charge in [-0.05, 0) is 43.0 Å². The van der Waals surface area contributed by atoms with Crippen LogP contribution in [0.2, 0.25) is 0 Å². The smallest absolute Gasteiger partial charge is 0.338 e. The van der Waals surface area contributed by atoms with E-state index in [1.54, 1.807) is 44.2 Å². The number of urea groups is 1. The second-order valence-corrected chi connectivity index (χ2v) is 9.85. The maximum atomic E-state index is 13.4. The van der Waals surface area contributed by atoms with Crippen LogP contribution in [0.1, 0.15) is 35.1 Å². The average molecular weight is 543 g/mol. The van der Waals surface area contributed by atoms with Crippen LogP contribution in [0.25, 0.3) is 0 Å². The van der Waals surface area contributed by atoms with Crippen LogP contribution in [0.3, 0.4) is 0 Å². The minimum atomic E-state index is -0.745. The molecule has 1 atom stereocenters. The fourth-order valence-electron chi connectivity index (χ4n) is 4.78. The largest absolute Gasteiger partial charge is 0.497 e. The molecule has 1 unspecified atom stereocenters. The number of hydrogen-bond donors (Lipinski definition) is 1. The Hall–Kier alpha value is -3.57. The Morgan fingerprint density at radius 2 is 1.74 bits per heavy atom. The maximum absolute atomic E-state index is 13.4. The van der Waals surface area contributed by atoms with E-state index in [1.807, 2.05) is 29.3 Å². The number of nitrogens with zero attached hydrogens (tertiary/aromatic N) is 3. The number of likely N-dealkylation sites (N-methyl/N-ethyl adjacent to an activating group) is 1. The first-order valence-corrected chi connectivity index (χ1v) is 13.5. The first kappa shape index (κ1) is 27.5. The predicted molar refractivity (Wildman–Crippen MR) is 144 cm³/mol. The third-order valence-electron chi connectivity index (χ3n) is 6.72. The number of carbonyl (C=O) groups excluding carboxylic acids is 3. The van der Waals surface area contributed by atoms with Crippen LogP contribution in [-0.4, -0.2) is 92.7 Å². The number of amides is 3. The summed E-state index contributed by atoms with van der Waals surface area (Å²) in [6.45, 7) is 6.94. The molecule has 0 aliphatic carbocycles. The van der Waals surface area contributed by atoms with Gasteiger partial charge < -0.3 is 24.4 Å². The number of thiophene rings is 1. The van der Waals surface area contributed by atoms with Gasteiger partial charge in [0.1, 0.15) is 11.5 Å². The molecule has 2 aliphatic rings. The number of benzene rings is 1. The molecule has 11 heteroatoms. The van der Waals surface area contributed by atoms with Crippen molar-refractivity contribution in [3.63, 3.8) is 0 Å². The number of piperazine rings is 1. The van der Waals surface area contributed by atoms with E-state index < -0.39 is 12.0 Å². The summed E-state index contributed by atoms with van der Waals surface area (Å²) in [6, 6.07) is 7.96. The van der Waals surface area contributed by atoms with Crippen molar-refractivity contribution in [3.8, 4) is 11.5 Å². The first-order chi connectivity index (χ1) is 18.4. The molecule has 0 spiro atoms. The van der Waals surface area contributed by atoms with E-state index in [-0.39, 0.29) is 18.5 Å². The summed E-state index contributed by atoms with van der Waals surface area (Å²) in [6.07, 6.45) is 0. The van der Waals surface area contributed by atoms with E-state index >= 15 is 0 Å². The Balaban J connectivity index is 1.66. The summed E-state index contributed by atoms with van der Waals surface area (Å²) in [5, 5.41) is 4.87. The van der Waals surface area contributed by atoms with Crippen molar-refractivity contribution in [1.29, 1.82) is 0 Å². The van der Waals surface area contributed by atoms with Crippen LogP contribution in [-0.2, 0) is 9.53 Å². The van der Waals surface area contributed by atoms with Gasteiger partial charge in [0.2, 0.25) is 0 Å². The molecule has 3 heterocycles. The summed E-state index contributed by atoms with van der Waals surface area (Å²) < 4.78 is 16.3. The lowest BCUT2D eigenvalue weighted by molar-refractivity contribution is -0.139. The van der Waals surface area contributed by atoms with Crippen molar-refractivity contribution in [3.05, 3.63) is 57.4 Å². The molecule has 1 fully saturated rings. The quantitative estimate of drug-likeness (QED) is 0.486. The molecule has 1 aromatic carbocycles. The van der Waals surface area contributed by atoms with Crippen LogP contribution >= 0.6 is 11.3 Å². The van der Waals surface area contributed by atoms with Gasteiger partial charge in [0.05, 0.1) is 37.3 Å². The van der Waals surface area contributed by atoms with E-state index in [0.29, 0.717) is 67.6 Å². The minimum Gasteiger partial charge on any atom is -0.497 e. The molecule has 2 aliphatic heterocycles. The van der Waals surface area contributed by atoms with Crippen molar-refractivity contribution < 1.29 is 28.6 Å². The second-order valence-electron chi connectivity index (χ2n) is 8.90. The van der Waals surface area contributed by atoms with E-state index in [2.05, 4.69) is 10.2 Å². The standard InChI is InChI=1S/C27H34N4O6S/c1-5-31-21(17-29-9-11-30(12-10-29)25(32)22-8-7-13-38-22)23(26(33)37-6-2)24(28-27(31)34)18-14-19(35-3)16-20(15-18)36-4/h7-8,13-16,24H,5-6,9-12,17H2,1-4H3,(H,28,34). The van der Waals surface area contributed by atoms with Gasteiger partial charge in [-0.1, -0.05) is 6.07 Å². The maximum Gasteiger partial charge on any atom is 0.338 e. The lowest BCUT2D eigenvalue weighted by atomic mass is 9.93. The number of esters is 1. The third kappa shape index (κ3) is 5.78. The fraction of sp³-hybridized carbons (Fsp3) is 0.444. The molecule has 3 amide bonds. The number of methoxy groups -OCH3 is 2. The zero-order valence-corrected chi connectivity index (χ0v) is 23.0. The third-order valence-corrected chi connectivity index (χ3v) is 7.58. The summed E-state index contributed by atoms with van der Waals surface area (Å²) in [7, 11) is 3.10. The monoisotopic (exact) mass is 542 g/mol. The van der Waals surface area contributed by atoms with E-state index in [4.69, 9.17) is 14.2 Å². The molecule has 2 aromatic rings. The van der Waals surface area contributed by atoms with Gasteiger partial charge in [0.25, 0.3) is 5.91 Å². The summed E-state index contributed by atoms with van der Waals surface area (Å²) in [5.74, 6) is 0.634. The molecule has 1 N–H and O–H groups in total. The van der Waals surface area contributed by atoms with Crippen molar-refractivity contribution in [2.45, 2.75) is 19.9 Å². The fourth-order valence-corrected chi connectivity index (χ4v) is 5.47. The van der Waals surface area contributed by atoms with Gasteiger partial charge in [-0.15, -0.1) is 11.3 Å². The van der Waals surface area contributed by atoms with Gasteiger partial charge in [0, 0.05) is 51.0 Å². The number of carbonyl (C=O) groups is 3. The van der Waals surface area contributed by atoms with Crippen molar-refractivity contribution >= 4 is 29.2 Å². The first-order valence-electron chi connectivity index (χ1n) is 12.7. The van der Waals surface area contributed by atoms with Crippen molar-refractivity contribution in [2.24, 2.45) is 0 Å². The SMILES string of the molecule is CCOC(=O)C1=C(CN2CCN(C(=O)c3cccs3)CC2)N(CC)C(=O)NC1c1cc(OC)cc(OC)c1. The summed E-state index contributed by atoms with van der Waals surface area (Å²) in [4.78, 5) is 45.8. The van der Waals surface area contributed by atoms with Crippen LogP contribution in [0.15, 0.2) is 47.0 Å². The van der Waals surface area contributed by atoms with E-state index in [1.165, 1.54) is 11.3 Å². The Bertz CT molecular complexity index is 1170. The van der Waals surface area contributed by atoms with Crippen LogP contribution in [0.4, 0.5) is 4.79 Å². The van der Waals surface area contributed by atoms with Gasteiger partial charge >= 0.3 is 12.0 Å². The molecule has 1 aromatic heterocycles. The summed E-state index contributed by atoms with van der Waals surface area (Å²) >= 11 is 1.44. The number of nitrogens with one attached hydrogen (secondary N) is 1. The molecule has 38 heavy (non-hydrogen) atoms. The summed E-state index contributed by atoms with van der Waals surface area (Å²) in [5.41, 5.74) is 1.62. The van der Waals surface area contributed by atoms with Crippen LogP contribution in [0, 0.1) is 0 Å². The molecule has 10 nitrogen and oxygen atoms in total. The number of hydrogen-bond acceptors (Lipinski definition) is 8. The van der Waals surface area contributed by atoms with Crippen molar-refractivity contribution in [1.82, 2.24) is 20.0 Å². The molecule has 4 rings (SSSR count). The lowest BCUT2D eigenvalue weighted by Crippen LogP contribution is -2.53. The number of ether oxygens (including phenoxy) is 3. The van der Waals surface area contributed by atoms with Gasteiger partial charge in [-0.3, -0.25) is 14.6 Å². The Kier molecular flexibility index (Phi) is 8.90. The number of rotatable bonds is 9. The Labute approximate surface area is 226 Å². The Morgan fingerprint density at radius 1 is 1.05 bits per heavy atom. The van der Waals surface area contributed by atoms with Gasteiger partial charge in [0.15, 0.2) is 0 Å². The molecular formula is C27H34N4O6S. The molecule has 0 radical (unpaired) electrons. The molecule has 0 bridgehead atoms. The molecule has 1 saturated heterocycles. The molecule has 204 valence electrons. The molecular weight excluding hydrogens is 508 g/mol. The second kappa shape index (κ2) is 12.3. The minimum absolute atomic E-state index is 0.0327. The highest BCUT2D eigenvalue weighted by Crippen LogP contribution is 2.35. The van der Waals surface area contributed by atoms with Gasteiger partial charge in [-0.25, -0.2) is 9.59 Å². The van der Waals surface area contributed by atoms with Gasteiger partial charge in [-0.2, -0.15) is 0 Å². The van der Waals surface area contributed by atoms with Crippen LogP contribution < -0.4 is 14.8 Å². The van der Waals surface area contributed by atoms with Crippen molar-refractivity contribution in [2.75, 3.05) is 60.1 Å². The van der Waals surface area contributed by atoms with E-state index in [9.17, 15) is 14.4 Å². The molecule has 0 saturated carbocycles. The zero-order chi connectivity index (χ0) is 27.2. The van der Waals surface area contributed by atoms with E-state index in [0.717, 1.165) is 4.88 Å². The highest BCUT2D eigenvalue weighted by atomic mass is 32.1. The normalized spacial score (nSPS) is 18.3. The predicted octanol–water partition coefficient (Wildman–Crippen LogP) is 3.13. The highest BCUT2D eigenvalue weighted by Gasteiger charge is 2.39. The van der Waals surface area contributed by atoms with Crippen LogP contribution in [0.5, 0.6) is 11.5 Å². The highest BCUT2D eigenvalue weighted by molar-refractivity contribution is 7.12. The topological polar surface area (TPSA) is 101 Å². The Morgan fingerprint density at radius 3 is 2.29 bits per heavy atom.